The summed E-state index contributed by atoms with van der Waals surface area (Å²) < 4.78 is 27.0. The van der Waals surface area contributed by atoms with Crippen LogP contribution in [0.2, 0.25) is 0 Å². The maximum absolute atomic E-state index is 13.5. The number of hydrogen-bond donors (Lipinski definition) is 1. The zero-order valence-corrected chi connectivity index (χ0v) is 12.4. The van der Waals surface area contributed by atoms with Gasteiger partial charge in [-0.1, -0.05) is 36.4 Å². The van der Waals surface area contributed by atoms with Crippen molar-refractivity contribution in [1.29, 1.82) is 0 Å². The number of para-hydroxylation sites is 1. The van der Waals surface area contributed by atoms with E-state index in [1.807, 2.05) is 37.3 Å². The lowest BCUT2D eigenvalue weighted by Gasteiger charge is -2.21. The summed E-state index contributed by atoms with van der Waals surface area (Å²) in [5.41, 5.74) is 0.737. The first-order valence-corrected chi connectivity index (χ1v) is 7.11. The topological polar surface area (TPSA) is 32.3 Å². The molecule has 0 heterocycles. The normalized spacial score (nSPS) is 10.3. The monoisotopic (exact) mass is 304 g/mol. The summed E-state index contributed by atoms with van der Waals surface area (Å²) in [6, 6.07) is 13.2. The molecule has 116 valence electrons. The second-order valence-electron chi connectivity index (χ2n) is 4.84. The molecular formula is C17H18F2N2O. The van der Waals surface area contributed by atoms with Gasteiger partial charge < -0.3 is 10.2 Å². The van der Waals surface area contributed by atoms with Gasteiger partial charge in [0.15, 0.2) is 0 Å². The summed E-state index contributed by atoms with van der Waals surface area (Å²) in [6.45, 7) is 2.70. The molecule has 0 unspecified atom stereocenters. The molecule has 0 saturated carbocycles. The molecule has 0 aliphatic heterocycles. The molecule has 0 radical (unpaired) electrons. The van der Waals surface area contributed by atoms with Crippen LogP contribution in [0.3, 0.4) is 0 Å². The van der Waals surface area contributed by atoms with Gasteiger partial charge in [-0.2, -0.15) is 0 Å². The van der Waals surface area contributed by atoms with Gasteiger partial charge in [0.25, 0.3) is 0 Å². The van der Waals surface area contributed by atoms with E-state index in [1.165, 1.54) is 6.07 Å². The van der Waals surface area contributed by atoms with Gasteiger partial charge in [-0.3, -0.25) is 4.79 Å². The zero-order valence-electron chi connectivity index (χ0n) is 12.4. The van der Waals surface area contributed by atoms with Crippen LogP contribution in [0.5, 0.6) is 0 Å². The van der Waals surface area contributed by atoms with Crippen molar-refractivity contribution in [2.75, 3.05) is 18.4 Å². The highest BCUT2D eigenvalue weighted by Gasteiger charge is 2.14. The number of halogens is 2. The predicted octanol–water partition coefficient (Wildman–Crippen LogP) is 3.43. The summed E-state index contributed by atoms with van der Waals surface area (Å²) in [5.74, 6) is -1.63. The van der Waals surface area contributed by atoms with Crippen LogP contribution in [0.15, 0.2) is 48.5 Å². The summed E-state index contributed by atoms with van der Waals surface area (Å²) in [5, 5.41) is 2.54. The number of carbonyl (C=O) groups is 1. The van der Waals surface area contributed by atoms with E-state index >= 15 is 0 Å². The fraction of sp³-hybridized carbons (Fsp3) is 0.235. The highest BCUT2D eigenvalue weighted by atomic mass is 19.1. The van der Waals surface area contributed by atoms with Gasteiger partial charge in [-0.15, -0.1) is 0 Å². The molecule has 2 rings (SSSR count). The first-order chi connectivity index (χ1) is 10.6. The van der Waals surface area contributed by atoms with Gasteiger partial charge in [0, 0.05) is 13.1 Å². The average molecular weight is 304 g/mol. The molecule has 0 atom stereocenters. The Morgan fingerprint density at radius 3 is 2.27 bits per heavy atom. The number of nitrogens with zero attached hydrogens (tertiary/aromatic N) is 1. The highest BCUT2D eigenvalue weighted by molar-refractivity contribution is 5.81. The van der Waals surface area contributed by atoms with Crippen LogP contribution in [0.4, 0.5) is 14.5 Å². The Balaban J connectivity index is 1.98. The van der Waals surface area contributed by atoms with E-state index < -0.39 is 11.6 Å². The Bertz CT molecular complexity index is 612. The molecule has 5 heteroatoms. The second-order valence-corrected chi connectivity index (χ2v) is 4.84. The number of hydrogen-bond acceptors (Lipinski definition) is 2. The van der Waals surface area contributed by atoms with Gasteiger partial charge in [-0.25, -0.2) is 8.78 Å². The van der Waals surface area contributed by atoms with Crippen LogP contribution in [0.1, 0.15) is 12.5 Å². The molecule has 0 aliphatic carbocycles. The molecular weight excluding hydrogens is 286 g/mol. The number of anilines is 1. The van der Waals surface area contributed by atoms with Crippen molar-refractivity contribution >= 4 is 11.6 Å². The Morgan fingerprint density at radius 1 is 1.05 bits per heavy atom. The van der Waals surface area contributed by atoms with Crippen molar-refractivity contribution in [1.82, 2.24) is 4.90 Å². The summed E-state index contributed by atoms with van der Waals surface area (Å²) in [7, 11) is 0. The van der Waals surface area contributed by atoms with E-state index in [0.29, 0.717) is 13.1 Å². The summed E-state index contributed by atoms with van der Waals surface area (Å²) in [4.78, 5) is 13.8. The molecule has 3 nitrogen and oxygen atoms in total. The molecule has 0 spiro atoms. The van der Waals surface area contributed by atoms with Crippen LogP contribution in [0, 0.1) is 11.6 Å². The van der Waals surface area contributed by atoms with Crippen LogP contribution in [0.25, 0.3) is 0 Å². The van der Waals surface area contributed by atoms with Gasteiger partial charge in [-0.05, 0) is 24.6 Å². The first kappa shape index (κ1) is 15.9. The minimum atomic E-state index is -0.709. The number of amides is 1. The number of benzene rings is 2. The SMILES string of the molecule is CCN(Cc1ccccc1)C(=O)CNc1c(F)cccc1F. The number of rotatable bonds is 6. The lowest BCUT2D eigenvalue weighted by molar-refractivity contribution is -0.129. The lowest BCUT2D eigenvalue weighted by atomic mass is 10.2. The Labute approximate surface area is 128 Å². The molecule has 2 aromatic carbocycles. The van der Waals surface area contributed by atoms with Crippen LogP contribution < -0.4 is 5.32 Å². The lowest BCUT2D eigenvalue weighted by Crippen LogP contribution is -2.35. The van der Waals surface area contributed by atoms with Crippen molar-refractivity contribution in [2.45, 2.75) is 13.5 Å². The molecule has 1 N–H and O–H groups in total. The number of nitrogens with one attached hydrogen (secondary N) is 1. The van der Waals surface area contributed by atoms with Gasteiger partial charge >= 0.3 is 0 Å². The Morgan fingerprint density at radius 2 is 1.68 bits per heavy atom. The Hall–Kier alpha value is -2.43. The molecule has 1 amide bonds. The van der Waals surface area contributed by atoms with Gasteiger partial charge in [0.2, 0.25) is 5.91 Å². The van der Waals surface area contributed by atoms with E-state index in [2.05, 4.69) is 5.32 Å². The van der Waals surface area contributed by atoms with E-state index in [4.69, 9.17) is 0 Å². The standard InChI is InChI=1S/C17H18F2N2O/c1-2-21(12-13-7-4-3-5-8-13)16(22)11-20-17-14(18)9-6-10-15(17)19/h3-10,20H,2,11-12H2,1H3. The molecule has 0 fully saturated rings. The summed E-state index contributed by atoms with van der Waals surface area (Å²) in [6.07, 6.45) is 0. The third-order valence-corrected chi connectivity index (χ3v) is 3.33. The van der Waals surface area contributed by atoms with Crippen molar-refractivity contribution < 1.29 is 13.6 Å². The maximum atomic E-state index is 13.5. The van der Waals surface area contributed by atoms with Crippen LogP contribution >= 0.6 is 0 Å². The van der Waals surface area contributed by atoms with Crippen molar-refractivity contribution in [3.63, 3.8) is 0 Å². The van der Waals surface area contributed by atoms with E-state index in [-0.39, 0.29) is 18.1 Å². The van der Waals surface area contributed by atoms with Crippen LogP contribution in [-0.2, 0) is 11.3 Å². The van der Waals surface area contributed by atoms with E-state index in [1.54, 1.807) is 4.90 Å². The summed E-state index contributed by atoms with van der Waals surface area (Å²) >= 11 is 0. The van der Waals surface area contributed by atoms with Crippen molar-refractivity contribution in [3.05, 3.63) is 65.7 Å². The van der Waals surface area contributed by atoms with Crippen LogP contribution in [-0.4, -0.2) is 23.9 Å². The third kappa shape index (κ3) is 4.04. The minimum absolute atomic E-state index is 0.154. The first-order valence-electron chi connectivity index (χ1n) is 7.11. The third-order valence-electron chi connectivity index (χ3n) is 3.33. The molecule has 0 bridgehead atoms. The number of carbonyl (C=O) groups excluding carboxylic acids is 1. The fourth-order valence-electron chi connectivity index (χ4n) is 2.12. The van der Waals surface area contributed by atoms with Gasteiger partial charge in [0.05, 0.1) is 6.54 Å². The molecule has 0 aliphatic rings. The smallest absolute Gasteiger partial charge is 0.242 e. The zero-order chi connectivity index (χ0) is 15.9. The minimum Gasteiger partial charge on any atom is -0.371 e. The maximum Gasteiger partial charge on any atom is 0.242 e. The fourth-order valence-corrected chi connectivity index (χ4v) is 2.12. The Kier molecular flexibility index (Phi) is 5.47. The largest absolute Gasteiger partial charge is 0.371 e. The van der Waals surface area contributed by atoms with E-state index in [0.717, 1.165) is 17.7 Å². The molecule has 0 saturated heterocycles. The van der Waals surface area contributed by atoms with Crippen molar-refractivity contribution in [2.24, 2.45) is 0 Å². The van der Waals surface area contributed by atoms with Crippen molar-refractivity contribution in [3.8, 4) is 0 Å². The number of likely N-dealkylation sites (N-methyl/N-ethyl adjacent to an activating group) is 1. The molecule has 0 aromatic heterocycles. The van der Waals surface area contributed by atoms with E-state index in [9.17, 15) is 13.6 Å². The molecule has 22 heavy (non-hydrogen) atoms. The highest BCUT2D eigenvalue weighted by Crippen LogP contribution is 2.17. The quantitative estimate of drug-likeness (QED) is 0.887. The second kappa shape index (κ2) is 7.54. The molecule has 2 aromatic rings. The van der Waals surface area contributed by atoms with Gasteiger partial charge in [0.1, 0.15) is 17.3 Å². The average Bonchev–Trinajstić information content (AvgIpc) is 2.53. The predicted molar refractivity (Wildman–Crippen MR) is 82.4 cm³/mol.